The van der Waals surface area contributed by atoms with Gasteiger partial charge in [0.2, 0.25) is 0 Å². The summed E-state index contributed by atoms with van der Waals surface area (Å²) in [6.07, 6.45) is 3.02. The first kappa shape index (κ1) is 18.7. The number of hydrogen-bond acceptors (Lipinski definition) is 4. The summed E-state index contributed by atoms with van der Waals surface area (Å²) in [4.78, 5) is 21.4. The van der Waals surface area contributed by atoms with Crippen LogP contribution < -0.4 is 0 Å². The number of fused-ring (bicyclic) bond motifs is 1. The molecule has 0 saturated carbocycles. The molecule has 2 aromatic carbocycles. The topological polar surface area (TPSA) is 66.1 Å². The molecule has 0 fully saturated rings. The van der Waals surface area contributed by atoms with Gasteiger partial charge in [-0.1, -0.05) is 24.3 Å². The number of rotatable bonds is 6. The smallest absolute Gasteiger partial charge is 0.139 e. The van der Waals surface area contributed by atoms with Crippen LogP contribution in [0.2, 0.25) is 0 Å². The molecular formula is C24H18FN3O. The van der Waals surface area contributed by atoms with Gasteiger partial charge in [0.1, 0.15) is 11.6 Å². The number of Topliss-reactive ketones (excluding diaryl/α,β-unsaturated/α-hetero) is 1. The molecule has 0 aliphatic carbocycles. The second kappa shape index (κ2) is 8.15. The molecule has 0 radical (unpaired) electrons. The summed E-state index contributed by atoms with van der Waals surface area (Å²) >= 11 is 0. The number of aromatic nitrogens is 1. The van der Waals surface area contributed by atoms with Crippen LogP contribution in [0.3, 0.4) is 0 Å². The summed E-state index contributed by atoms with van der Waals surface area (Å²) in [6, 6.07) is 17.7. The molecule has 29 heavy (non-hydrogen) atoms. The van der Waals surface area contributed by atoms with Gasteiger partial charge in [0.15, 0.2) is 0 Å². The molecule has 1 aromatic heterocycles. The van der Waals surface area contributed by atoms with E-state index < -0.39 is 0 Å². The first-order valence-electron chi connectivity index (χ1n) is 9.41. The molecule has 142 valence electrons. The van der Waals surface area contributed by atoms with E-state index in [-0.39, 0.29) is 18.0 Å². The van der Waals surface area contributed by atoms with Crippen LogP contribution in [0.4, 0.5) is 4.39 Å². The predicted molar refractivity (Wildman–Crippen MR) is 108 cm³/mol. The highest BCUT2D eigenvalue weighted by molar-refractivity contribution is 6.15. The van der Waals surface area contributed by atoms with Crippen LogP contribution in [0.1, 0.15) is 39.9 Å². The molecule has 4 nitrogen and oxygen atoms in total. The Morgan fingerprint density at radius 2 is 1.97 bits per heavy atom. The minimum Gasteiger partial charge on any atom is -0.299 e. The van der Waals surface area contributed by atoms with E-state index in [9.17, 15) is 9.18 Å². The summed E-state index contributed by atoms with van der Waals surface area (Å²) in [5, 5.41) is 9.10. The number of nitriles is 1. The van der Waals surface area contributed by atoms with Gasteiger partial charge in [-0.15, -0.1) is 0 Å². The lowest BCUT2D eigenvalue weighted by molar-refractivity contribution is -0.118. The maximum absolute atomic E-state index is 13.0. The number of carbonyl (C=O) groups is 1. The predicted octanol–water partition coefficient (Wildman–Crippen LogP) is 4.19. The third kappa shape index (κ3) is 4.27. The highest BCUT2D eigenvalue weighted by Gasteiger charge is 2.19. The van der Waals surface area contributed by atoms with E-state index in [1.807, 2.05) is 24.3 Å². The lowest BCUT2D eigenvalue weighted by Crippen LogP contribution is -2.08. The molecule has 0 atom stereocenters. The Morgan fingerprint density at radius 3 is 2.76 bits per heavy atom. The van der Waals surface area contributed by atoms with E-state index in [0.29, 0.717) is 24.9 Å². The fourth-order valence-electron chi connectivity index (χ4n) is 3.44. The average Bonchev–Trinajstić information content (AvgIpc) is 3.16. The van der Waals surface area contributed by atoms with Crippen molar-refractivity contribution >= 4 is 11.5 Å². The van der Waals surface area contributed by atoms with Gasteiger partial charge in [-0.05, 0) is 47.9 Å². The average molecular weight is 383 g/mol. The van der Waals surface area contributed by atoms with Crippen molar-refractivity contribution in [3.8, 4) is 6.07 Å². The van der Waals surface area contributed by atoms with Crippen LogP contribution in [0.25, 0.3) is 0 Å². The zero-order valence-electron chi connectivity index (χ0n) is 15.7. The number of carbonyl (C=O) groups excluding carboxylic acids is 1. The molecular weight excluding hydrogens is 365 g/mol. The zero-order chi connectivity index (χ0) is 20.2. The number of aryl methyl sites for hydroxylation is 1. The molecule has 5 heteroatoms. The number of aliphatic imine (C=N–C) groups is 1. The highest BCUT2D eigenvalue weighted by Crippen LogP contribution is 2.24. The Bertz CT molecular complexity index is 1140. The second-order valence-corrected chi connectivity index (χ2v) is 7.03. The molecule has 0 unspecified atom stereocenters. The van der Waals surface area contributed by atoms with Gasteiger partial charge in [0, 0.05) is 35.9 Å². The van der Waals surface area contributed by atoms with E-state index in [1.165, 1.54) is 12.1 Å². The van der Waals surface area contributed by atoms with Crippen LogP contribution in [0, 0.1) is 17.1 Å². The zero-order valence-corrected chi connectivity index (χ0v) is 15.7. The van der Waals surface area contributed by atoms with Gasteiger partial charge in [0.05, 0.1) is 23.9 Å². The first-order chi connectivity index (χ1) is 14.1. The summed E-state index contributed by atoms with van der Waals surface area (Å²) < 4.78 is 13.0. The van der Waals surface area contributed by atoms with Crippen molar-refractivity contribution in [3.05, 3.63) is 100 Å². The lowest BCUT2D eigenvalue weighted by Gasteiger charge is -2.07. The molecule has 4 rings (SSSR count). The van der Waals surface area contributed by atoms with Gasteiger partial charge in [-0.25, -0.2) is 4.39 Å². The fraction of sp³-hybridized carbons (Fsp3) is 0.167. The molecule has 0 amide bonds. The van der Waals surface area contributed by atoms with Crippen molar-refractivity contribution in [2.75, 3.05) is 0 Å². The third-order valence-corrected chi connectivity index (χ3v) is 4.96. The minimum absolute atomic E-state index is 0.0997. The largest absolute Gasteiger partial charge is 0.299 e. The van der Waals surface area contributed by atoms with Crippen molar-refractivity contribution in [2.24, 2.45) is 4.99 Å². The molecule has 2 heterocycles. The van der Waals surface area contributed by atoms with Gasteiger partial charge in [0.25, 0.3) is 0 Å². The van der Waals surface area contributed by atoms with Crippen LogP contribution in [-0.2, 0) is 24.2 Å². The number of hydrogen-bond donors (Lipinski definition) is 0. The van der Waals surface area contributed by atoms with Crippen molar-refractivity contribution in [2.45, 2.75) is 25.8 Å². The molecule has 0 spiro atoms. The number of halogens is 1. The van der Waals surface area contributed by atoms with Gasteiger partial charge in [-0.3, -0.25) is 14.8 Å². The summed E-state index contributed by atoms with van der Waals surface area (Å²) in [6.45, 7) is 0.542. The van der Waals surface area contributed by atoms with Crippen molar-refractivity contribution in [1.29, 1.82) is 5.26 Å². The number of nitrogens with zero attached hydrogens (tertiary/aromatic N) is 3. The van der Waals surface area contributed by atoms with E-state index in [4.69, 9.17) is 5.26 Å². The number of ketones is 1. The molecule has 0 saturated heterocycles. The fourth-order valence-corrected chi connectivity index (χ4v) is 3.44. The van der Waals surface area contributed by atoms with Crippen molar-refractivity contribution < 1.29 is 9.18 Å². The van der Waals surface area contributed by atoms with Crippen LogP contribution in [-0.4, -0.2) is 16.5 Å². The summed E-state index contributed by atoms with van der Waals surface area (Å²) in [5.41, 5.74) is 5.98. The normalized spacial score (nSPS) is 12.2. The van der Waals surface area contributed by atoms with E-state index in [1.54, 1.807) is 24.4 Å². The molecule has 0 N–H and O–H groups in total. The molecule has 1 aliphatic rings. The van der Waals surface area contributed by atoms with Crippen LogP contribution in [0.15, 0.2) is 65.8 Å². The Labute approximate surface area is 168 Å². The van der Waals surface area contributed by atoms with E-state index in [0.717, 1.165) is 33.7 Å². The van der Waals surface area contributed by atoms with Crippen LogP contribution >= 0.6 is 0 Å². The third-order valence-electron chi connectivity index (χ3n) is 4.96. The van der Waals surface area contributed by atoms with E-state index in [2.05, 4.69) is 16.0 Å². The van der Waals surface area contributed by atoms with Crippen LogP contribution in [0.5, 0.6) is 0 Å². The molecule has 1 aliphatic heterocycles. The quantitative estimate of drug-likeness (QED) is 0.641. The lowest BCUT2D eigenvalue weighted by atomic mass is 9.99. The van der Waals surface area contributed by atoms with Gasteiger partial charge < -0.3 is 0 Å². The van der Waals surface area contributed by atoms with Gasteiger partial charge >= 0.3 is 0 Å². The maximum Gasteiger partial charge on any atom is 0.139 e. The highest BCUT2D eigenvalue weighted by atomic mass is 19.1. The Balaban J connectivity index is 1.42. The van der Waals surface area contributed by atoms with Crippen molar-refractivity contribution in [3.63, 3.8) is 0 Å². The second-order valence-electron chi connectivity index (χ2n) is 7.03. The standard InChI is InChI=1S/C24H18FN3O/c25-20-7-4-16(5-8-20)6-9-22(29)12-21-11-19-14-28-24(23(19)15-27-21)18-3-1-2-17(10-18)13-26/h1-5,7-8,10-11,15H,6,9,12,14H2. The number of benzene rings is 2. The maximum atomic E-state index is 13.0. The molecule has 3 aromatic rings. The Morgan fingerprint density at radius 1 is 1.14 bits per heavy atom. The summed E-state index contributed by atoms with van der Waals surface area (Å²) in [5.74, 6) is -0.175. The molecule has 0 bridgehead atoms. The Hall–Kier alpha value is -3.65. The van der Waals surface area contributed by atoms with E-state index >= 15 is 0 Å². The Kier molecular flexibility index (Phi) is 5.26. The first-order valence-corrected chi connectivity index (χ1v) is 9.41. The SMILES string of the molecule is N#Cc1cccc(C2=NCc3cc(CC(=O)CCc4ccc(F)cc4)ncc32)c1. The minimum atomic E-state index is -0.275. The van der Waals surface area contributed by atoms with Gasteiger partial charge in [-0.2, -0.15) is 5.26 Å². The van der Waals surface area contributed by atoms with Crippen molar-refractivity contribution in [1.82, 2.24) is 4.98 Å². The monoisotopic (exact) mass is 383 g/mol. The summed E-state index contributed by atoms with van der Waals surface area (Å²) in [7, 11) is 0. The number of pyridine rings is 1.